The van der Waals surface area contributed by atoms with E-state index in [9.17, 15) is 14.4 Å². The summed E-state index contributed by atoms with van der Waals surface area (Å²) in [4.78, 5) is 37.2. The van der Waals surface area contributed by atoms with Gasteiger partial charge in [0, 0.05) is 33.1 Å². The van der Waals surface area contributed by atoms with Crippen LogP contribution in [0.1, 0.15) is 32.6 Å². The highest BCUT2D eigenvalue weighted by Crippen LogP contribution is 2.21. The molecule has 2 amide bonds. The van der Waals surface area contributed by atoms with Gasteiger partial charge in [0.25, 0.3) is 0 Å². The Hall–Kier alpha value is -1.79. The van der Waals surface area contributed by atoms with Crippen molar-refractivity contribution in [2.24, 2.45) is 5.92 Å². The summed E-state index contributed by atoms with van der Waals surface area (Å²) < 4.78 is 4.82. The molecule has 0 aromatic rings. The molecule has 1 unspecified atom stereocenters. The molecule has 0 aromatic carbocycles. The molecule has 1 aliphatic heterocycles. The summed E-state index contributed by atoms with van der Waals surface area (Å²) in [6.45, 7) is 3.65. The Morgan fingerprint density at radius 2 is 2.05 bits per heavy atom. The highest BCUT2D eigenvalue weighted by atomic mass is 16.5. The van der Waals surface area contributed by atoms with Gasteiger partial charge >= 0.3 is 18.0 Å². The summed E-state index contributed by atoms with van der Waals surface area (Å²) in [5.41, 5.74) is 0. The molecular weight excluding hydrogens is 276 g/mol. The lowest BCUT2D eigenvalue weighted by atomic mass is 10.0. The van der Waals surface area contributed by atoms with Crippen molar-refractivity contribution < 1.29 is 24.2 Å². The lowest BCUT2D eigenvalue weighted by Crippen LogP contribution is -2.40. The summed E-state index contributed by atoms with van der Waals surface area (Å²) in [5.74, 6) is -0.854. The van der Waals surface area contributed by atoms with Crippen LogP contribution in [-0.2, 0) is 14.3 Å². The Morgan fingerprint density at radius 3 is 2.67 bits per heavy atom. The predicted octanol–water partition coefficient (Wildman–Crippen LogP) is 1.18. The average Bonchev–Trinajstić information content (AvgIpc) is 2.91. The molecule has 0 bridgehead atoms. The average molecular weight is 300 g/mol. The highest BCUT2D eigenvalue weighted by Gasteiger charge is 2.28. The van der Waals surface area contributed by atoms with Crippen molar-refractivity contribution in [2.75, 3.05) is 33.3 Å². The first-order valence-electron chi connectivity index (χ1n) is 7.31. The number of urea groups is 1. The zero-order valence-electron chi connectivity index (χ0n) is 12.7. The van der Waals surface area contributed by atoms with Crippen molar-refractivity contribution in [3.05, 3.63) is 0 Å². The molecule has 1 rings (SSSR count). The predicted molar refractivity (Wildman–Crippen MR) is 75.8 cm³/mol. The molecule has 0 radical (unpaired) electrons. The topological polar surface area (TPSA) is 87.2 Å². The fourth-order valence-corrected chi connectivity index (χ4v) is 2.40. The van der Waals surface area contributed by atoms with Crippen molar-refractivity contribution in [1.82, 2.24) is 9.80 Å². The number of rotatable bonds is 7. The van der Waals surface area contributed by atoms with Gasteiger partial charge in [0.2, 0.25) is 0 Å². The van der Waals surface area contributed by atoms with E-state index in [1.807, 2.05) is 0 Å². The summed E-state index contributed by atoms with van der Waals surface area (Å²) in [6, 6.07) is -0.114. The summed E-state index contributed by atoms with van der Waals surface area (Å²) in [5, 5.41) is 8.67. The van der Waals surface area contributed by atoms with Crippen molar-refractivity contribution in [3.8, 4) is 0 Å². The smallest absolute Gasteiger partial charge is 0.319 e. The van der Waals surface area contributed by atoms with E-state index in [0.29, 0.717) is 32.7 Å². The molecule has 0 spiro atoms. The Balaban J connectivity index is 2.31. The molecule has 1 N–H and O–H groups in total. The minimum atomic E-state index is -0.800. The highest BCUT2D eigenvalue weighted by molar-refractivity contribution is 5.76. The van der Waals surface area contributed by atoms with Crippen LogP contribution in [0.3, 0.4) is 0 Å². The number of amides is 2. The normalized spacial score (nSPS) is 17.6. The number of aliphatic carboxylic acids is 1. The SMILES string of the molecule is CCOC(=O)CCN(C)C(=O)N1CCC(CCC(=O)O)C1. The third-order valence-electron chi connectivity index (χ3n) is 3.61. The number of hydrogen-bond acceptors (Lipinski definition) is 4. The van der Waals surface area contributed by atoms with Crippen molar-refractivity contribution in [3.63, 3.8) is 0 Å². The van der Waals surface area contributed by atoms with Crippen molar-refractivity contribution >= 4 is 18.0 Å². The van der Waals surface area contributed by atoms with Crippen LogP contribution >= 0.6 is 0 Å². The zero-order chi connectivity index (χ0) is 15.8. The number of carbonyl (C=O) groups excluding carboxylic acids is 2. The van der Waals surface area contributed by atoms with E-state index < -0.39 is 5.97 Å². The van der Waals surface area contributed by atoms with Gasteiger partial charge in [0.15, 0.2) is 0 Å². The third-order valence-corrected chi connectivity index (χ3v) is 3.61. The molecule has 0 saturated carbocycles. The van der Waals surface area contributed by atoms with Crippen LogP contribution in [0.25, 0.3) is 0 Å². The minimum Gasteiger partial charge on any atom is -0.481 e. The van der Waals surface area contributed by atoms with E-state index in [2.05, 4.69) is 0 Å². The maximum Gasteiger partial charge on any atom is 0.319 e. The third kappa shape index (κ3) is 6.01. The Labute approximate surface area is 124 Å². The second kappa shape index (κ2) is 8.49. The Bertz CT molecular complexity index is 386. The molecule has 1 atom stereocenters. The quantitative estimate of drug-likeness (QED) is 0.713. The first-order valence-corrected chi connectivity index (χ1v) is 7.31. The van der Waals surface area contributed by atoms with Crippen LogP contribution < -0.4 is 0 Å². The van der Waals surface area contributed by atoms with Gasteiger partial charge in [-0.1, -0.05) is 0 Å². The summed E-state index contributed by atoms with van der Waals surface area (Å²) in [6.07, 6.45) is 1.77. The number of carboxylic acids is 1. The number of nitrogens with zero attached hydrogens (tertiary/aromatic N) is 2. The van der Waals surface area contributed by atoms with Gasteiger partial charge in [-0.25, -0.2) is 4.79 Å². The lowest BCUT2D eigenvalue weighted by Gasteiger charge is -2.24. The number of ether oxygens (including phenoxy) is 1. The maximum atomic E-state index is 12.2. The fraction of sp³-hybridized carbons (Fsp3) is 0.786. The second-order valence-corrected chi connectivity index (χ2v) is 5.29. The van der Waals surface area contributed by atoms with Gasteiger partial charge in [-0.05, 0) is 25.7 Å². The van der Waals surface area contributed by atoms with Crippen LogP contribution in [0, 0.1) is 5.92 Å². The van der Waals surface area contributed by atoms with Gasteiger partial charge in [-0.3, -0.25) is 9.59 Å². The monoisotopic (exact) mass is 300 g/mol. The number of esters is 1. The summed E-state index contributed by atoms with van der Waals surface area (Å²) >= 11 is 0. The van der Waals surface area contributed by atoms with E-state index in [0.717, 1.165) is 6.42 Å². The van der Waals surface area contributed by atoms with Crippen LogP contribution in [0.4, 0.5) is 4.79 Å². The number of carbonyl (C=O) groups is 3. The molecule has 7 heteroatoms. The van der Waals surface area contributed by atoms with Crippen molar-refractivity contribution in [1.29, 1.82) is 0 Å². The van der Waals surface area contributed by atoms with Crippen LogP contribution in [-0.4, -0.2) is 66.2 Å². The second-order valence-electron chi connectivity index (χ2n) is 5.29. The van der Waals surface area contributed by atoms with E-state index in [-0.39, 0.29) is 30.8 Å². The van der Waals surface area contributed by atoms with Crippen molar-refractivity contribution in [2.45, 2.75) is 32.6 Å². The van der Waals surface area contributed by atoms with Crippen LogP contribution in [0.5, 0.6) is 0 Å². The molecule has 1 heterocycles. The Kier molecular flexibility index (Phi) is 6.98. The van der Waals surface area contributed by atoms with Gasteiger partial charge in [0.1, 0.15) is 0 Å². The number of hydrogen-bond donors (Lipinski definition) is 1. The summed E-state index contributed by atoms with van der Waals surface area (Å²) in [7, 11) is 1.66. The standard InChI is InChI=1S/C14H24N2O5/c1-3-21-13(19)7-8-15(2)14(20)16-9-6-11(10-16)4-5-12(17)18/h11H,3-10H2,1-2H3,(H,17,18). The zero-order valence-corrected chi connectivity index (χ0v) is 12.7. The molecule has 21 heavy (non-hydrogen) atoms. The first-order chi connectivity index (χ1) is 9.93. The molecule has 0 aromatic heterocycles. The van der Waals surface area contributed by atoms with Gasteiger partial charge < -0.3 is 19.6 Å². The molecule has 1 aliphatic rings. The van der Waals surface area contributed by atoms with E-state index in [1.54, 1.807) is 18.9 Å². The Morgan fingerprint density at radius 1 is 1.33 bits per heavy atom. The van der Waals surface area contributed by atoms with Gasteiger partial charge in [-0.2, -0.15) is 0 Å². The maximum absolute atomic E-state index is 12.2. The van der Waals surface area contributed by atoms with Gasteiger partial charge in [-0.15, -0.1) is 0 Å². The van der Waals surface area contributed by atoms with Crippen LogP contribution in [0.2, 0.25) is 0 Å². The molecule has 0 aliphatic carbocycles. The van der Waals surface area contributed by atoms with E-state index in [1.165, 1.54) is 4.90 Å². The first kappa shape index (κ1) is 17.3. The number of carboxylic acid groups (broad SMARTS) is 1. The van der Waals surface area contributed by atoms with Gasteiger partial charge in [0.05, 0.1) is 13.0 Å². The molecule has 1 fully saturated rings. The minimum absolute atomic E-state index is 0.114. The molecule has 7 nitrogen and oxygen atoms in total. The largest absolute Gasteiger partial charge is 0.481 e. The molecule has 1 saturated heterocycles. The number of likely N-dealkylation sites (tertiary alicyclic amines) is 1. The van der Waals surface area contributed by atoms with Crippen LogP contribution in [0.15, 0.2) is 0 Å². The molecular formula is C14H24N2O5. The lowest BCUT2D eigenvalue weighted by molar-refractivity contribution is -0.143. The molecule has 120 valence electrons. The van der Waals surface area contributed by atoms with E-state index >= 15 is 0 Å². The fourth-order valence-electron chi connectivity index (χ4n) is 2.40. The van der Waals surface area contributed by atoms with E-state index in [4.69, 9.17) is 9.84 Å².